The number of hydrogen-bond acceptors (Lipinski definition) is 7. The lowest BCUT2D eigenvalue weighted by Crippen LogP contribution is -2.54. The minimum atomic E-state index is -1.26. The van der Waals surface area contributed by atoms with E-state index in [1.807, 2.05) is 0 Å². The quantitative estimate of drug-likeness (QED) is 0.0862. The van der Waals surface area contributed by atoms with Crippen LogP contribution in [0.3, 0.4) is 0 Å². The Bertz CT molecular complexity index is 815. The molecule has 0 bridgehead atoms. The number of phenolic OH excluding ortho intramolecular Hbond substituents is 1. The molecule has 0 fully saturated rings. The van der Waals surface area contributed by atoms with E-state index < -0.39 is 42.3 Å². The Morgan fingerprint density at radius 2 is 1.66 bits per heavy atom. The van der Waals surface area contributed by atoms with Crippen LogP contribution in [0.25, 0.3) is 0 Å². The van der Waals surface area contributed by atoms with Crippen LogP contribution in [0.2, 0.25) is 0 Å². The van der Waals surface area contributed by atoms with Crippen molar-refractivity contribution in [2.75, 3.05) is 19.6 Å². The number of carboxylic acids is 1. The summed E-state index contributed by atoms with van der Waals surface area (Å²) < 4.78 is 0. The highest BCUT2D eigenvalue weighted by atomic mass is 16.4. The van der Waals surface area contributed by atoms with Gasteiger partial charge in [-0.2, -0.15) is 0 Å². The number of guanidine groups is 1. The van der Waals surface area contributed by atoms with Gasteiger partial charge in [0, 0.05) is 13.0 Å². The van der Waals surface area contributed by atoms with Crippen molar-refractivity contribution in [3.63, 3.8) is 0 Å². The van der Waals surface area contributed by atoms with Gasteiger partial charge in [0.25, 0.3) is 0 Å². The first-order chi connectivity index (χ1) is 15.1. The lowest BCUT2D eigenvalue weighted by molar-refractivity contribution is -0.142. The van der Waals surface area contributed by atoms with Crippen molar-refractivity contribution in [3.8, 4) is 5.75 Å². The molecule has 13 heteroatoms. The number of nitrogens with two attached hydrogens (primary N) is 2. The minimum absolute atomic E-state index is 0.0148. The Kier molecular flexibility index (Phi) is 11.0. The number of benzene rings is 1. The molecule has 0 saturated carbocycles. The number of aliphatic carboxylic acids is 1. The number of hydrogen-bond donors (Lipinski definition) is 9. The van der Waals surface area contributed by atoms with Crippen LogP contribution in [-0.2, 0) is 25.6 Å². The molecule has 11 N–H and O–H groups in total. The van der Waals surface area contributed by atoms with E-state index in [1.54, 1.807) is 12.1 Å². The lowest BCUT2D eigenvalue weighted by Gasteiger charge is -2.22. The molecular weight excluding hydrogens is 422 g/mol. The van der Waals surface area contributed by atoms with E-state index in [0.29, 0.717) is 12.0 Å². The van der Waals surface area contributed by atoms with Gasteiger partial charge in [-0.1, -0.05) is 12.1 Å². The highest BCUT2D eigenvalue weighted by Gasteiger charge is 2.26. The van der Waals surface area contributed by atoms with Crippen LogP contribution in [0, 0.1) is 5.41 Å². The fourth-order valence-electron chi connectivity index (χ4n) is 2.63. The molecule has 0 spiro atoms. The maximum Gasteiger partial charge on any atom is 0.326 e. The van der Waals surface area contributed by atoms with E-state index in [-0.39, 0.29) is 37.6 Å². The SMILES string of the molecule is N=C(N)NCCCC(NC(=O)C(Cc1ccc(O)cc1)NC(=O)CNC(=O)CN)C(=O)O. The predicted molar refractivity (Wildman–Crippen MR) is 115 cm³/mol. The number of carbonyl (C=O) groups is 4. The number of phenols is 1. The molecule has 0 radical (unpaired) electrons. The van der Waals surface area contributed by atoms with Gasteiger partial charge in [-0.05, 0) is 30.5 Å². The third-order valence-electron chi connectivity index (χ3n) is 4.26. The Morgan fingerprint density at radius 1 is 1.00 bits per heavy atom. The molecule has 0 aliphatic carbocycles. The smallest absolute Gasteiger partial charge is 0.326 e. The second-order valence-electron chi connectivity index (χ2n) is 6.85. The molecule has 0 aliphatic rings. The van der Waals surface area contributed by atoms with Gasteiger partial charge in [0.15, 0.2) is 5.96 Å². The fraction of sp³-hybridized carbons (Fsp3) is 0.421. The van der Waals surface area contributed by atoms with Crippen LogP contribution in [0.15, 0.2) is 24.3 Å². The van der Waals surface area contributed by atoms with Gasteiger partial charge < -0.3 is 42.9 Å². The molecule has 176 valence electrons. The lowest BCUT2D eigenvalue weighted by atomic mass is 10.0. The zero-order valence-corrected chi connectivity index (χ0v) is 17.4. The first kappa shape index (κ1) is 26.2. The molecule has 0 saturated heterocycles. The molecule has 2 unspecified atom stereocenters. The number of carboxylic acid groups (broad SMARTS) is 1. The maximum absolute atomic E-state index is 12.8. The maximum atomic E-state index is 12.8. The Labute approximate surface area is 184 Å². The first-order valence-electron chi connectivity index (χ1n) is 9.77. The Morgan fingerprint density at radius 3 is 2.22 bits per heavy atom. The number of rotatable bonds is 13. The van der Waals surface area contributed by atoms with E-state index in [9.17, 15) is 29.4 Å². The average molecular weight is 451 g/mol. The molecule has 0 aromatic heterocycles. The molecule has 0 aliphatic heterocycles. The zero-order chi connectivity index (χ0) is 24.1. The summed E-state index contributed by atoms with van der Waals surface area (Å²) in [6.07, 6.45) is 0.394. The fourth-order valence-corrected chi connectivity index (χ4v) is 2.63. The van der Waals surface area contributed by atoms with Crippen molar-refractivity contribution in [2.45, 2.75) is 31.3 Å². The third-order valence-corrected chi connectivity index (χ3v) is 4.26. The van der Waals surface area contributed by atoms with Crippen LogP contribution < -0.4 is 32.7 Å². The third kappa shape index (κ3) is 10.2. The molecule has 1 aromatic rings. The van der Waals surface area contributed by atoms with Gasteiger partial charge in [0.05, 0.1) is 13.1 Å². The van der Waals surface area contributed by atoms with E-state index in [0.717, 1.165) is 0 Å². The summed E-state index contributed by atoms with van der Waals surface area (Å²) in [5, 5.41) is 35.6. The van der Waals surface area contributed by atoms with Crippen molar-refractivity contribution in [1.29, 1.82) is 5.41 Å². The normalized spacial score (nSPS) is 12.2. The van der Waals surface area contributed by atoms with Crippen molar-refractivity contribution in [3.05, 3.63) is 29.8 Å². The second kappa shape index (κ2) is 13.4. The number of nitrogens with one attached hydrogen (secondary N) is 5. The molecule has 13 nitrogen and oxygen atoms in total. The highest BCUT2D eigenvalue weighted by Crippen LogP contribution is 2.12. The minimum Gasteiger partial charge on any atom is -0.508 e. The summed E-state index contributed by atoms with van der Waals surface area (Å²) in [7, 11) is 0. The summed E-state index contributed by atoms with van der Waals surface area (Å²) in [6, 6.07) is 3.57. The van der Waals surface area contributed by atoms with Crippen molar-refractivity contribution < 1.29 is 29.4 Å². The number of amides is 3. The van der Waals surface area contributed by atoms with Gasteiger partial charge in [0.1, 0.15) is 17.8 Å². The van der Waals surface area contributed by atoms with Gasteiger partial charge >= 0.3 is 5.97 Å². The van der Waals surface area contributed by atoms with E-state index in [2.05, 4.69) is 21.3 Å². The largest absolute Gasteiger partial charge is 0.508 e. The number of aromatic hydroxyl groups is 1. The topological polar surface area (TPSA) is 233 Å². The van der Waals surface area contributed by atoms with Crippen LogP contribution in [0.4, 0.5) is 0 Å². The summed E-state index contributed by atoms with van der Waals surface area (Å²) >= 11 is 0. The van der Waals surface area contributed by atoms with Crippen LogP contribution in [0.5, 0.6) is 5.75 Å². The van der Waals surface area contributed by atoms with Gasteiger partial charge in [-0.15, -0.1) is 0 Å². The summed E-state index contributed by atoms with van der Waals surface area (Å²) in [4.78, 5) is 47.7. The first-order valence-corrected chi connectivity index (χ1v) is 9.77. The summed E-state index contributed by atoms with van der Waals surface area (Å²) in [5.41, 5.74) is 10.9. The molecule has 3 amide bonds. The Balaban J connectivity index is 2.84. The van der Waals surface area contributed by atoms with Crippen molar-refractivity contribution >= 4 is 29.7 Å². The van der Waals surface area contributed by atoms with E-state index >= 15 is 0 Å². The monoisotopic (exact) mass is 451 g/mol. The van der Waals surface area contributed by atoms with Gasteiger partial charge in [-0.3, -0.25) is 19.8 Å². The average Bonchev–Trinajstić information content (AvgIpc) is 2.74. The van der Waals surface area contributed by atoms with Gasteiger partial charge in [-0.25, -0.2) is 4.79 Å². The predicted octanol–water partition coefficient (Wildman–Crippen LogP) is -2.67. The second-order valence-corrected chi connectivity index (χ2v) is 6.85. The summed E-state index contributed by atoms with van der Waals surface area (Å²) in [5.74, 6) is -3.43. The van der Waals surface area contributed by atoms with Gasteiger partial charge in [0.2, 0.25) is 17.7 Å². The zero-order valence-electron chi connectivity index (χ0n) is 17.4. The molecule has 32 heavy (non-hydrogen) atoms. The molecule has 0 heterocycles. The molecular formula is C19H29N7O6. The highest BCUT2D eigenvalue weighted by molar-refractivity contribution is 5.92. The molecule has 2 atom stereocenters. The Hall–Kier alpha value is -3.87. The molecule has 1 aromatic carbocycles. The van der Waals surface area contributed by atoms with Crippen LogP contribution in [0.1, 0.15) is 18.4 Å². The number of carbonyl (C=O) groups excluding carboxylic acids is 3. The standard InChI is InChI=1S/C19H29N7O6/c20-9-15(28)24-10-16(29)25-14(8-11-3-5-12(27)6-4-11)17(30)26-13(18(31)32)2-1-7-23-19(21)22/h3-6,13-14,27H,1-2,7-10,20H2,(H,24,28)(H,25,29)(H,26,30)(H,31,32)(H4,21,22,23). The van der Waals surface area contributed by atoms with Crippen molar-refractivity contribution in [2.24, 2.45) is 11.5 Å². The summed E-state index contributed by atoms with van der Waals surface area (Å²) in [6.45, 7) is -0.457. The van der Waals surface area contributed by atoms with E-state index in [4.69, 9.17) is 16.9 Å². The van der Waals surface area contributed by atoms with Crippen LogP contribution >= 0.6 is 0 Å². The molecule has 1 rings (SSSR count). The van der Waals surface area contributed by atoms with E-state index in [1.165, 1.54) is 12.1 Å². The van der Waals surface area contributed by atoms with Crippen molar-refractivity contribution in [1.82, 2.24) is 21.3 Å². The van der Waals surface area contributed by atoms with Crippen LogP contribution in [-0.4, -0.2) is 71.6 Å².